The number of alkyl halides is 1. The van der Waals surface area contributed by atoms with E-state index in [2.05, 4.69) is 16.0 Å². The third kappa shape index (κ3) is 4.52. The molecular formula is C23H27FN4O2. The van der Waals surface area contributed by atoms with E-state index in [1.807, 2.05) is 47.3 Å². The normalized spacial score (nSPS) is 15.6. The van der Waals surface area contributed by atoms with Gasteiger partial charge in [0, 0.05) is 56.2 Å². The summed E-state index contributed by atoms with van der Waals surface area (Å²) in [6.45, 7) is 2.50. The van der Waals surface area contributed by atoms with Gasteiger partial charge in [0.25, 0.3) is 5.91 Å². The van der Waals surface area contributed by atoms with Crippen molar-refractivity contribution in [3.05, 3.63) is 59.9 Å². The lowest BCUT2D eigenvalue weighted by atomic mass is 10.1. The molecule has 4 rings (SSSR count). The minimum atomic E-state index is -0.665. The molecule has 0 unspecified atom stereocenters. The highest BCUT2D eigenvalue weighted by atomic mass is 19.1. The molecule has 7 heteroatoms. The van der Waals surface area contributed by atoms with Crippen LogP contribution < -0.4 is 0 Å². The van der Waals surface area contributed by atoms with Crippen molar-refractivity contribution in [1.82, 2.24) is 19.4 Å². The number of ether oxygens (including phenoxy) is 1. The van der Waals surface area contributed by atoms with Crippen molar-refractivity contribution in [3.63, 3.8) is 0 Å². The number of halogens is 1. The van der Waals surface area contributed by atoms with Crippen LogP contribution in [0.15, 0.2) is 48.8 Å². The molecule has 158 valence electrons. The second kappa shape index (κ2) is 8.93. The van der Waals surface area contributed by atoms with Crippen LogP contribution >= 0.6 is 0 Å². The fraction of sp³-hybridized carbons (Fsp3) is 0.391. The van der Waals surface area contributed by atoms with Crippen molar-refractivity contribution in [1.29, 1.82) is 0 Å². The monoisotopic (exact) mass is 410 g/mol. The van der Waals surface area contributed by atoms with Gasteiger partial charge in [-0.2, -0.15) is 0 Å². The fourth-order valence-electron chi connectivity index (χ4n) is 3.70. The summed E-state index contributed by atoms with van der Waals surface area (Å²) < 4.78 is 21.0. The second-order valence-corrected chi connectivity index (χ2v) is 7.96. The van der Waals surface area contributed by atoms with Crippen LogP contribution in [0.1, 0.15) is 28.8 Å². The SMILES string of the molecule is CN(C)C(=O)c1ccc(-n2ccc3cc(COCN4CCC(F)CC4)cnc32)cc1. The summed E-state index contributed by atoms with van der Waals surface area (Å²) in [5.41, 5.74) is 3.47. The van der Waals surface area contributed by atoms with Crippen molar-refractivity contribution >= 4 is 16.9 Å². The van der Waals surface area contributed by atoms with Crippen LogP contribution in [0.5, 0.6) is 0 Å². The van der Waals surface area contributed by atoms with Gasteiger partial charge in [0.15, 0.2) is 0 Å². The summed E-state index contributed by atoms with van der Waals surface area (Å²) in [4.78, 5) is 20.4. The second-order valence-electron chi connectivity index (χ2n) is 7.96. The number of carbonyl (C=O) groups is 1. The molecule has 0 atom stereocenters. The lowest BCUT2D eigenvalue weighted by molar-refractivity contribution is -0.00128. The zero-order valence-corrected chi connectivity index (χ0v) is 17.4. The van der Waals surface area contributed by atoms with Gasteiger partial charge in [-0.05, 0) is 54.8 Å². The van der Waals surface area contributed by atoms with E-state index in [-0.39, 0.29) is 5.91 Å². The molecule has 1 amide bonds. The Kier molecular flexibility index (Phi) is 6.11. The molecule has 1 fully saturated rings. The van der Waals surface area contributed by atoms with Crippen molar-refractivity contribution in [2.24, 2.45) is 0 Å². The highest BCUT2D eigenvalue weighted by molar-refractivity contribution is 5.94. The van der Waals surface area contributed by atoms with Crippen molar-refractivity contribution in [2.75, 3.05) is 33.9 Å². The first-order chi connectivity index (χ1) is 14.5. The Morgan fingerprint density at radius 1 is 1.20 bits per heavy atom. The quantitative estimate of drug-likeness (QED) is 0.623. The summed E-state index contributed by atoms with van der Waals surface area (Å²) in [7, 11) is 3.49. The molecule has 0 bridgehead atoms. The first-order valence-corrected chi connectivity index (χ1v) is 10.2. The summed E-state index contributed by atoms with van der Waals surface area (Å²) in [6.07, 6.45) is 4.33. The fourth-order valence-corrected chi connectivity index (χ4v) is 3.70. The molecule has 0 saturated carbocycles. The Balaban J connectivity index is 1.41. The predicted molar refractivity (Wildman–Crippen MR) is 114 cm³/mol. The lowest BCUT2D eigenvalue weighted by Crippen LogP contribution is -2.35. The molecule has 6 nitrogen and oxygen atoms in total. The number of hydrogen-bond acceptors (Lipinski definition) is 4. The molecule has 3 heterocycles. The summed E-state index contributed by atoms with van der Waals surface area (Å²) in [6, 6.07) is 11.6. The van der Waals surface area contributed by atoms with Gasteiger partial charge in [0.1, 0.15) is 11.8 Å². The number of amides is 1. The van der Waals surface area contributed by atoms with Gasteiger partial charge in [0.05, 0.1) is 13.3 Å². The van der Waals surface area contributed by atoms with Crippen LogP contribution in [0.25, 0.3) is 16.7 Å². The standard InChI is InChI=1S/C23H27FN4O2/c1-26(2)23(29)18-3-5-21(6-4-18)28-12-7-19-13-17(14-25-22(19)28)15-30-16-27-10-8-20(24)9-11-27/h3-7,12-14,20H,8-11,15-16H2,1-2H3. The topological polar surface area (TPSA) is 50.6 Å². The largest absolute Gasteiger partial charge is 0.361 e. The van der Waals surface area contributed by atoms with Gasteiger partial charge in [0.2, 0.25) is 0 Å². The molecule has 1 aliphatic rings. The molecule has 0 radical (unpaired) electrons. The van der Waals surface area contributed by atoms with Crippen LogP contribution in [-0.2, 0) is 11.3 Å². The first-order valence-electron chi connectivity index (χ1n) is 10.2. The summed E-state index contributed by atoms with van der Waals surface area (Å²) >= 11 is 0. The van der Waals surface area contributed by atoms with Crippen LogP contribution in [0.3, 0.4) is 0 Å². The average Bonchev–Trinajstić information content (AvgIpc) is 3.18. The van der Waals surface area contributed by atoms with Gasteiger partial charge >= 0.3 is 0 Å². The molecule has 3 aromatic rings. The van der Waals surface area contributed by atoms with E-state index in [0.717, 1.165) is 35.4 Å². The Hall–Kier alpha value is -2.77. The van der Waals surface area contributed by atoms with E-state index >= 15 is 0 Å². The van der Waals surface area contributed by atoms with E-state index in [4.69, 9.17) is 4.74 Å². The smallest absolute Gasteiger partial charge is 0.253 e. The predicted octanol–water partition coefficient (Wildman–Crippen LogP) is 3.64. The third-order valence-corrected chi connectivity index (χ3v) is 5.44. The molecule has 2 aromatic heterocycles. The van der Waals surface area contributed by atoms with Crippen LogP contribution in [0.2, 0.25) is 0 Å². The van der Waals surface area contributed by atoms with Crippen molar-refractivity contribution < 1.29 is 13.9 Å². The molecule has 1 saturated heterocycles. The Bertz CT molecular complexity index is 1010. The lowest BCUT2D eigenvalue weighted by Gasteiger charge is -2.28. The molecule has 30 heavy (non-hydrogen) atoms. The average molecular weight is 410 g/mol. The van der Waals surface area contributed by atoms with E-state index < -0.39 is 6.17 Å². The number of likely N-dealkylation sites (tertiary alicyclic amines) is 1. The summed E-state index contributed by atoms with van der Waals surface area (Å²) in [5, 5.41) is 1.03. The van der Waals surface area contributed by atoms with Crippen LogP contribution in [0.4, 0.5) is 4.39 Å². The van der Waals surface area contributed by atoms with E-state index in [1.54, 1.807) is 19.0 Å². The van der Waals surface area contributed by atoms with Gasteiger partial charge < -0.3 is 14.2 Å². The van der Waals surface area contributed by atoms with E-state index in [1.165, 1.54) is 0 Å². The maximum absolute atomic E-state index is 13.2. The zero-order chi connectivity index (χ0) is 21.1. The number of fused-ring (bicyclic) bond motifs is 1. The number of rotatable bonds is 6. The van der Waals surface area contributed by atoms with Gasteiger partial charge in [-0.3, -0.25) is 9.69 Å². The van der Waals surface area contributed by atoms with E-state index in [0.29, 0.717) is 31.7 Å². The number of benzene rings is 1. The highest BCUT2D eigenvalue weighted by Gasteiger charge is 2.18. The number of aromatic nitrogens is 2. The maximum atomic E-state index is 13.2. The minimum absolute atomic E-state index is 0.0178. The minimum Gasteiger partial charge on any atom is -0.361 e. The molecular weight excluding hydrogens is 383 g/mol. The first kappa shape index (κ1) is 20.5. The molecule has 1 aliphatic heterocycles. The Morgan fingerprint density at radius 3 is 2.63 bits per heavy atom. The third-order valence-electron chi connectivity index (χ3n) is 5.44. The Morgan fingerprint density at radius 2 is 1.93 bits per heavy atom. The zero-order valence-electron chi connectivity index (χ0n) is 17.4. The van der Waals surface area contributed by atoms with Crippen LogP contribution in [-0.4, -0.2) is 65.3 Å². The Labute approximate surface area is 175 Å². The number of hydrogen-bond donors (Lipinski definition) is 0. The van der Waals surface area contributed by atoms with Crippen molar-refractivity contribution in [2.45, 2.75) is 25.6 Å². The highest BCUT2D eigenvalue weighted by Crippen LogP contribution is 2.21. The molecule has 0 spiro atoms. The van der Waals surface area contributed by atoms with Gasteiger partial charge in [-0.25, -0.2) is 9.37 Å². The number of carbonyl (C=O) groups excluding carboxylic acids is 1. The van der Waals surface area contributed by atoms with Gasteiger partial charge in [-0.1, -0.05) is 0 Å². The van der Waals surface area contributed by atoms with Gasteiger partial charge in [-0.15, -0.1) is 0 Å². The molecule has 0 aliphatic carbocycles. The summed E-state index contributed by atoms with van der Waals surface area (Å²) in [5.74, 6) is -0.0178. The maximum Gasteiger partial charge on any atom is 0.253 e. The van der Waals surface area contributed by atoms with E-state index in [9.17, 15) is 9.18 Å². The van der Waals surface area contributed by atoms with Crippen LogP contribution in [0, 0.1) is 0 Å². The number of piperidine rings is 1. The molecule has 1 aromatic carbocycles. The molecule has 0 N–H and O–H groups in total. The number of nitrogens with zero attached hydrogens (tertiary/aromatic N) is 4. The number of pyridine rings is 1. The van der Waals surface area contributed by atoms with Crippen molar-refractivity contribution in [3.8, 4) is 5.69 Å².